The van der Waals surface area contributed by atoms with E-state index in [4.69, 9.17) is 5.26 Å². The second-order valence-electron chi connectivity index (χ2n) is 2.48. The van der Waals surface area contributed by atoms with Gasteiger partial charge in [0.15, 0.2) is 0 Å². The number of para-hydroxylation sites is 2. The fourth-order valence-corrected chi connectivity index (χ4v) is 1.16. The molecule has 1 heterocycles. The number of benzene rings is 1. The number of allylic oxidation sites excluding steroid dienone is 1. The van der Waals surface area contributed by atoms with Gasteiger partial charge in [-0.25, -0.2) is 0 Å². The molecule has 1 aliphatic rings. The van der Waals surface area contributed by atoms with Crippen LogP contribution in [0.1, 0.15) is 0 Å². The van der Waals surface area contributed by atoms with E-state index in [9.17, 15) is 0 Å². The molecule has 58 valence electrons. The summed E-state index contributed by atoms with van der Waals surface area (Å²) < 4.78 is 0. The standard InChI is InChI=1S/C9H7N3/c10-6-5-9-11-7-3-1-2-4-8(7)12-9/h1-5,11-12H. The number of hydrogen-bond donors (Lipinski definition) is 2. The molecule has 0 radical (unpaired) electrons. The molecule has 0 bridgehead atoms. The molecule has 0 fully saturated rings. The Hall–Kier alpha value is -1.95. The summed E-state index contributed by atoms with van der Waals surface area (Å²) in [5, 5.41) is 14.5. The van der Waals surface area contributed by atoms with E-state index >= 15 is 0 Å². The first-order chi connectivity index (χ1) is 5.90. The Bertz CT molecular complexity index is 347. The number of anilines is 2. The fraction of sp³-hybridized carbons (Fsp3) is 0. The Balaban J connectivity index is 2.35. The summed E-state index contributed by atoms with van der Waals surface area (Å²) in [5.74, 6) is 0.735. The molecule has 12 heavy (non-hydrogen) atoms. The van der Waals surface area contributed by atoms with Crippen molar-refractivity contribution in [1.82, 2.24) is 0 Å². The lowest BCUT2D eigenvalue weighted by Gasteiger charge is -1.93. The Kier molecular flexibility index (Phi) is 1.45. The van der Waals surface area contributed by atoms with Gasteiger partial charge in [-0.05, 0) is 12.1 Å². The normalized spacial score (nSPS) is 12.4. The topological polar surface area (TPSA) is 47.9 Å². The van der Waals surface area contributed by atoms with E-state index in [1.807, 2.05) is 30.3 Å². The van der Waals surface area contributed by atoms with Crippen LogP contribution in [0.15, 0.2) is 36.2 Å². The van der Waals surface area contributed by atoms with E-state index < -0.39 is 0 Å². The molecule has 0 aliphatic carbocycles. The third kappa shape index (κ3) is 0.995. The maximum atomic E-state index is 8.40. The molecule has 0 saturated carbocycles. The number of hydrogen-bond acceptors (Lipinski definition) is 3. The summed E-state index contributed by atoms with van der Waals surface area (Å²) in [6.07, 6.45) is 1.44. The van der Waals surface area contributed by atoms with Gasteiger partial charge in [-0.15, -0.1) is 0 Å². The van der Waals surface area contributed by atoms with Crippen LogP contribution < -0.4 is 10.6 Å². The number of fused-ring (bicyclic) bond motifs is 1. The van der Waals surface area contributed by atoms with Crippen molar-refractivity contribution in [2.24, 2.45) is 0 Å². The van der Waals surface area contributed by atoms with Crippen LogP contribution in [-0.2, 0) is 0 Å². The van der Waals surface area contributed by atoms with E-state index in [2.05, 4.69) is 10.6 Å². The van der Waals surface area contributed by atoms with Gasteiger partial charge in [0.2, 0.25) is 0 Å². The number of nitriles is 1. The van der Waals surface area contributed by atoms with Crippen LogP contribution in [0.4, 0.5) is 11.4 Å². The lowest BCUT2D eigenvalue weighted by Crippen LogP contribution is -1.97. The van der Waals surface area contributed by atoms with Crippen LogP contribution in [0.2, 0.25) is 0 Å². The molecule has 0 spiro atoms. The van der Waals surface area contributed by atoms with Gasteiger partial charge in [0.25, 0.3) is 0 Å². The van der Waals surface area contributed by atoms with Crippen molar-refractivity contribution in [3.05, 3.63) is 36.2 Å². The summed E-state index contributed by atoms with van der Waals surface area (Å²) in [5.41, 5.74) is 2.03. The molecular weight excluding hydrogens is 150 g/mol. The summed E-state index contributed by atoms with van der Waals surface area (Å²) in [6.45, 7) is 0. The van der Waals surface area contributed by atoms with E-state index in [1.54, 1.807) is 0 Å². The van der Waals surface area contributed by atoms with Crippen molar-refractivity contribution in [3.8, 4) is 6.07 Å². The Labute approximate surface area is 70.3 Å². The molecule has 3 nitrogen and oxygen atoms in total. The fourth-order valence-electron chi connectivity index (χ4n) is 1.16. The molecule has 0 saturated heterocycles. The smallest absolute Gasteiger partial charge is 0.118 e. The van der Waals surface area contributed by atoms with Gasteiger partial charge < -0.3 is 10.6 Å². The van der Waals surface area contributed by atoms with Crippen molar-refractivity contribution in [2.75, 3.05) is 10.6 Å². The molecule has 2 N–H and O–H groups in total. The van der Waals surface area contributed by atoms with E-state index in [1.165, 1.54) is 6.08 Å². The summed E-state index contributed by atoms with van der Waals surface area (Å²) >= 11 is 0. The second-order valence-corrected chi connectivity index (χ2v) is 2.48. The lowest BCUT2D eigenvalue weighted by molar-refractivity contribution is 1.46. The van der Waals surface area contributed by atoms with Gasteiger partial charge in [0.05, 0.1) is 23.5 Å². The van der Waals surface area contributed by atoms with Gasteiger partial charge in [0, 0.05) is 0 Å². The van der Waals surface area contributed by atoms with Gasteiger partial charge in [0.1, 0.15) is 5.82 Å². The maximum absolute atomic E-state index is 8.40. The highest BCUT2D eigenvalue weighted by Crippen LogP contribution is 2.29. The number of rotatable bonds is 0. The van der Waals surface area contributed by atoms with Crippen molar-refractivity contribution < 1.29 is 0 Å². The predicted molar refractivity (Wildman–Crippen MR) is 47.4 cm³/mol. The molecule has 1 aromatic rings. The minimum atomic E-state index is 0.735. The molecule has 0 aromatic heterocycles. The number of nitrogens with one attached hydrogen (secondary N) is 2. The Morgan fingerprint density at radius 2 is 1.75 bits per heavy atom. The highest BCUT2D eigenvalue weighted by molar-refractivity contribution is 5.78. The van der Waals surface area contributed by atoms with Crippen LogP contribution >= 0.6 is 0 Å². The maximum Gasteiger partial charge on any atom is 0.118 e. The minimum absolute atomic E-state index is 0.735. The SMILES string of the molecule is N#CC=C1Nc2ccccc2N1. The molecule has 1 aliphatic heterocycles. The van der Waals surface area contributed by atoms with E-state index in [0.29, 0.717) is 0 Å². The molecule has 1 aromatic carbocycles. The zero-order valence-corrected chi connectivity index (χ0v) is 6.33. The average Bonchev–Trinajstić information content (AvgIpc) is 2.47. The van der Waals surface area contributed by atoms with Crippen molar-refractivity contribution >= 4 is 11.4 Å². The van der Waals surface area contributed by atoms with Gasteiger partial charge in [-0.2, -0.15) is 5.26 Å². The zero-order chi connectivity index (χ0) is 8.39. The van der Waals surface area contributed by atoms with Gasteiger partial charge >= 0.3 is 0 Å². The minimum Gasteiger partial charge on any atom is -0.340 e. The Morgan fingerprint density at radius 3 is 2.25 bits per heavy atom. The number of nitrogens with zero attached hydrogens (tertiary/aromatic N) is 1. The first-order valence-corrected chi connectivity index (χ1v) is 3.63. The molecule has 3 heteroatoms. The third-order valence-corrected chi connectivity index (χ3v) is 1.67. The van der Waals surface area contributed by atoms with Crippen molar-refractivity contribution in [1.29, 1.82) is 5.26 Å². The van der Waals surface area contributed by atoms with E-state index in [0.717, 1.165) is 17.2 Å². The highest BCUT2D eigenvalue weighted by atomic mass is 15.2. The van der Waals surface area contributed by atoms with Crippen LogP contribution in [0, 0.1) is 11.3 Å². The van der Waals surface area contributed by atoms with Crippen LogP contribution in [0.25, 0.3) is 0 Å². The second kappa shape index (κ2) is 2.59. The summed E-state index contributed by atoms with van der Waals surface area (Å²) in [6, 6.07) is 9.77. The molecule has 0 unspecified atom stereocenters. The van der Waals surface area contributed by atoms with Gasteiger partial charge in [-0.3, -0.25) is 0 Å². The first-order valence-electron chi connectivity index (χ1n) is 3.63. The largest absolute Gasteiger partial charge is 0.340 e. The monoisotopic (exact) mass is 157 g/mol. The third-order valence-electron chi connectivity index (χ3n) is 1.67. The van der Waals surface area contributed by atoms with Gasteiger partial charge in [-0.1, -0.05) is 12.1 Å². The lowest BCUT2D eigenvalue weighted by atomic mass is 10.3. The molecule has 0 amide bonds. The first kappa shape index (κ1) is 6.74. The highest BCUT2D eigenvalue weighted by Gasteiger charge is 2.11. The summed E-state index contributed by atoms with van der Waals surface area (Å²) in [4.78, 5) is 0. The average molecular weight is 157 g/mol. The summed E-state index contributed by atoms with van der Waals surface area (Å²) in [7, 11) is 0. The van der Waals surface area contributed by atoms with Crippen molar-refractivity contribution in [3.63, 3.8) is 0 Å². The zero-order valence-electron chi connectivity index (χ0n) is 6.33. The van der Waals surface area contributed by atoms with Crippen LogP contribution in [0.5, 0.6) is 0 Å². The molecule has 2 rings (SSSR count). The van der Waals surface area contributed by atoms with Crippen molar-refractivity contribution in [2.45, 2.75) is 0 Å². The molecular formula is C9H7N3. The van der Waals surface area contributed by atoms with E-state index in [-0.39, 0.29) is 0 Å². The predicted octanol–water partition coefficient (Wildman–Crippen LogP) is 1.89. The van der Waals surface area contributed by atoms with Crippen LogP contribution in [-0.4, -0.2) is 0 Å². The quantitative estimate of drug-likeness (QED) is 0.565. The van der Waals surface area contributed by atoms with Crippen LogP contribution in [0.3, 0.4) is 0 Å². The molecule has 0 atom stereocenters. The Morgan fingerprint density at radius 1 is 1.17 bits per heavy atom.